The van der Waals surface area contributed by atoms with Crippen LogP contribution in [-0.2, 0) is 0 Å². The molecule has 8 heteroatoms. The summed E-state index contributed by atoms with van der Waals surface area (Å²) >= 11 is 5.69. The third kappa shape index (κ3) is 3.00. The molecule has 1 N–H and O–H groups in total. The second kappa shape index (κ2) is 5.23. The lowest BCUT2D eigenvalue weighted by Crippen LogP contribution is -2.10. The average Bonchev–Trinajstić information content (AvgIpc) is 2.78. The number of halogens is 1. The lowest BCUT2D eigenvalue weighted by atomic mass is 10.3. The number of nitrogens with one attached hydrogen (secondary N) is 1. The first-order chi connectivity index (χ1) is 8.97. The molecular formula is C11H11ClN4O3. The van der Waals surface area contributed by atoms with Gasteiger partial charge >= 0.3 is 5.69 Å². The van der Waals surface area contributed by atoms with E-state index in [1.807, 2.05) is 0 Å². The minimum atomic E-state index is -0.547. The van der Waals surface area contributed by atoms with Crippen molar-refractivity contribution in [2.75, 3.05) is 5.32 Å². The first-order valence-corrected chi connectivity index (χ1v) is 5.84. The van der Waals surface area contributed by atoms with Gasteiger partial charge in [-0.25, -0.2) is 9.97 Å². The molecule has 1 unspecified atom stereocenters. The van der Waals surface area contributed by atoms with Gasteiger partial charge < -0.3 is 9.73 Å². The summed E-state index contributed by atoms with van der Waals surface area (Å²) < 4.78 is 5.34. The highest BCUT2D eigenvalue weighted by Gasteiger charge is 2.20. The summed E-state index contributed by atoms with van der Waals surface area (Å²) in [6, 6.07) is 0.894. The standard InChI is InChI=1S/C11H11ClN4O3/c1-6-4-14-11(19-6)7(2)15-10-9(16(17)18)3-8(12)5-13-10/h3-5,7H,1-2H3,(H,13,15). The first-order valence-electron chi connectivity index (χ1n) is 5.46. The molecule has 0 saturated heterocycles. The Bertz CT molecular complexity index is 614. The maximum atomic E-state index is 10.9. The molecule has 2 rings (SSSR count). The number of rotatable bonds is 4. The van der Waals surface area contributed by atoms with Gasteiger partial charge in [-0.05, 0) is 13.8 Å². The fourth-order valence-corrected chi connectivity index (χ4v) is 1.67. The highest BCUT2D eigenvalue weighted by atomic mass is 35.5. The van der Waals surface area contributed by atoms with Gasteiger partial charge in [-0.3, -0.25) is 10.1 Å². The van der Waals surface area contributed by atoms with Crippen LogP contribution in [0.4, 0.5) is 11.5 Å². The maximum absolute atomic E-state index is 10.9. The van der Waals surface area contributed by atoms with Gasteiger partial charge in [0.05, 0.1) is 16.1 Å². The molecule has 0 bridgehead atoms. The molecule has 7 nitrogen and oxygen atoms in total. The van der Waals surface area contributed by atoms with Gasteiger partial charge in [-0.2, -0.15) is 0 Å². The molecule has 2 aromatic rings. The Kier molecular flexibility index (Phi) is 3.66. The predicted octanol–water partition coefficient (Wildman–Crippen LogP) is 3.11. The normalized spacial score (nSPS) is 12.2. The molecule has 19 heavy (non-hydrogen) atoms. The van der Waals surface area contributed by atoms with E-state index in [1.54, 1.807) is 20.0 Å². The van der Waals surface area contributed by atoms with Crippen molar-refractivity contribution in [3.8, 4) is 0 Å². The van der Waals surface area contributed by atoms with Crippen LogP contribution in [0.2, 0.25) is 5.02 Å². The third-order valence-corrected chi connectivity index (χ3v) is 2.60. The number of aromatic nitrogens is 2. The van der Waals surface area contributed by atoms with Crippen LogP contribution >= 0.6 is 11.6 Å². The van der Waals surface area contributed by atoms with Gasteiger partial charge in [-0.1, -0.05) is 11.6 Å². The molecule has 0 spiro atoms. The zero-order valence-corrected chi connectivity index (χ0v) is 11.0. The largest absolute Gasteiger partial charge is 0.444 e. The molecule has 0 aliphatic heterocycles. The van der Waals surface area contributed by atoms with Gasteiger partial charge in [0.2, 0.25) is 11.7 Å². The number of nitrogens with zero attached hydrogens (tertiary/aromatic N) is 3. The van der Waals surface area contributed by atoms with E-state index in [0.29, 0.717) is 11.7 Å². The van der Waals surface area contributed by atoms with E-state index >= 15 is 0 Å². The number of oxazole rings is 1. The summed E-state index contributed by atoms with van der Waals surface area (Å²) in [7, 11) is 0. The Hall–Kier alpha value is -2.15. The van der Waals surface area contributed by atoms with Crippen molar-refractivity contribution < 1.29 is 9.34 Å². The van der Waals surface area contributed by atoms with Crippen molar-refractivity contribution in [2.24, 2.45) is 0 Å². The Balaban J connectivity index is 2.26. The minimum Gasteiger partial charge on any atom is -0.444 e. The van der Waals surface area contributed by atoms with Gasteiger partial charge in [0, 0.05) is 12.3 Å². The molecule has 0 fully saturated rings. The van der Waals surface area contributed by atoms with E-state index in [4.69, 9.17) is 16.0 Å². The minimum absolute atomic E-state index is 0.123. The van der Waals surface area contributed by atoms with Crippen molar-refractivity contribution in [2.45, 2.75) is 19.9 Å². The summed E-state index contributed by atoms with van der Waals surface area (Å²) in [4.78, 5) is 18.3. The lowest BCUT2D eigenvalue weighted by Gasteiger charge is -2.11. The fraction of sp³-hybridized carbons (Fsp3) is 0.273. The second-order valence-corrected chi connectivity index (χ2v) is 4.39. The molecule has 0 radical (unpaired) electrons. The molecule has 0 aliphatic rings. The number of hydrogen-bond donors (Lipinski definition) is 1. The van der Waals surface area contributed by atoms with E-state index in [2.05, 4.69) is 15.3 Å². The van der Waals surface area contributed by atoms with E-state index in [-0.39, 0.29) is 22.6 Å². The zero-order chi connectivity index (χ0) is 14.0. The van der Waals surface area contributed by atoms with E-state index < -0.39 is 4.92 Å². The average molecular weight is 283 g/mol. The highest BCUT2D eigenvalue weighted by Crippen LogP contribution is 2.28. The molecule has 0 saturated carbocycles. The summed E-state index contributed by atoms with van der Waals surface area (Å²) in [6.45, 7) is 3.54. The Morgan fingerprint density at radius 3 is 2.79 bits per heavy atom. The molecular weight excluding hydrogens is 272 g/mol. The van der Waals surface area contributed by atoms with Crippen molar-refractivity contribution in [1.82, 2.24) is 9.97 Å². The summed E-state index contributed by atoms with van der Waals surface area (Å²) in [5.41, 5.74) is -0.192. The van der Waals surface area contributed by atoms with Crippen LogP contribution in [-0.4, -0.2) is 14.9 Å². The Morgan fingerprint density at radius 2 is 2.21 bits per heavy atom. The molecule has 2 aromatic heterocycles. The van der Waals surface area contributed by atoms with Crippen LogP contribution in [0.25, 0.3) is 0 Å². The predicted molar refractivity (Wildman–Crippen MR) is 69.2 cm³/mol. The molecule has 100 valence electrons. The van der Waals surface area contributed by atoms with Crippen molar-refractivity contribution in [1.29, 1.82) is 0 Å². The quantitative estimate of drug-likeness (QED) is 0.684. The molecule has 0 amide bonds. The van der Waals surface area contributed by atoms with E-state index in [1.165, 1.54) is 12.3 Å². The first kappa shape index (κ1) is 13.3. The zero-order valence-electron chi connectivity index (χ0n) is 10.3. The van der Waals surface area contributed by atoms with E-state index in [9.17, 15) is 10.1 Å². The monoisotopic (exact) mass is 282 g/mol. The van der Waals surface area contributed by atoms with Crippen molar-refractivity contribution in [3.63, 3.8) is 0 Å². The van der Waals surface area contributed by atoms with Gasteiger partial charge in [-0.15, -0.1) is 0 Å². The van der Waals surface area contributed by atoms with Gasteiger partial charge in [0.1, 0.15) is 11.8 Å². The van der Waals surface area contributed by atoms with Crippen LogP contribution in [0.15, 0.2) is 22.9 Å². The number of hydrogen-bond acceptors (Lipinski definition) is 6. The molecule has 2 heterocycles. The SMILES string of the molecule is Cc1cnc(C(C)Nc2ncc(Cl)cc2[N+](=O)[O-])o1. The Morgan fingerprint density at radius 1 is 1.47 bits per heavy atom. The van der Waals surface area contributed by atoms with Gasteiger partial charge in [0.15, 0.2) is 0 Å². The second-order valence-electron chi connectivity index (χ2n) is 3.95. The summed E-state index contributed by atoms with van der Waals surface area (Å²) in [5, 5.41) is 14.0. The molecule has 1 atom stereocenters. The Labute approximate surface area is 113 Å². The number of aryl methyl sites for hydroxylation is 1. The highest BCUT2D eigenvalue weighted by molar-refractivity contribution is 6.30. The van der Waals surface area contributed by atoms with Crippen LogP contribution in [0.1, 0.15) is 24.6 Å². The van der Waals surface area contributed by atoms with E-state index in [0.717, 1.165) is 0 Å². The topological polar surface area (TPSA) is 94.1 Å². The molecule has 0 aromatic carbocycles. The smallest absolute Gasteiger partial charge is 0.312 e. The number of pyridine rings is 1. The third-order valence-electron chi connectivity index (χ3n) is 2.39. The van der Waals surface area contributed by atoms with Crippen LogP contribution in [0.5, 0.6) is 0 Å². The van der Waals surface area contributed by atoms with Crippen LogP contribution in [0, 0.1) is 17.0 Å². The van der Waals surface area contributed by atoms with Crippen LogP contribution in [0.3, 0.4) is 0 Å². The summed E-state index contributed by atoms with van der Waals surface area (Å²) in [6.07, 6.45) is 2.92. The fourth-order valence-electron chi connectivity index (χ4n) is 1.52. The lowest BCUT2D eigenvalue weighted by molar-refractivity contribution is -0.384. The van der Waals surface area contributed by atoms with Crippen molar-refractivity contribution in [3.05, 3.63) is 45.2 Å². The summed E-state index contributed by atoms with van der Waals surface area (Å²) in [5.74, 6) is 1.23. The number of nitro groups is 1. The van der Waals surface area contributed by atoms with Crippen LogP contribution < -0.4 is 5.32 Å². The van der Waals surface area contributed by atoms with Crippen molar-refractivity contribution >= 4 is 23.1 Å². The maximum Gasteiger partial charge on any atom is 0.312 e. The molecule has 0 aliphatic carbocycles. The van der Waals surface area contributed by atoms with Gasteiger partial charge in [0.25, 0.3) is 0 Å². The number of anilines is 1.